The molecule has 1 aromatic heterocycles. The van der Waals surface area contributed by atoms with Crippen molar-refractivity contribution in [3.63, 3.8) is 0 Å². The number of nitriles is 1. The largest absolute Gasteiger partial charge is 0.455 e. The van der Waals surface area contributed by atoms with Crippen LogP contribution in [0.2, 0.25) is 0 Å². The van der Waals surface area contributed by atoms with Crippen molar-refractivity contribution in [3.8, 4) is 17.4 Å². The second kappa shape index (κ2) is 10.5. The lowest BCUT2D eigenvalue weighted by Crippen LogP contribution is -2.43. The third-order valence-electron chi connectivity index (χ3n) is 5.24. The number of hydrogen-bond donors (Lipinski definition) is 1. The Labute approximate surface area is 184 Å². The van der Waals surface area contributed by atoms with Gasteiger partial charge in [0.05, 0.1) is 6.07 Å². The number of benzene rings is 1. The number of piperazine rings is 1. The monoisotopic (exact) mass is 411 g/mol. The molecule has 2 aromatic rings. The summed E-state index contributed by atoms with van der Waals surface area (Å²) in [6.07, 6.45) is 9.36. The highest BCUT2D eigenvalue weighted by Crippen LogP contribution is 2.23. The van der Waals surface area contributed by atoms with Crippen LogP contribution in [0.5, 0.6) is 0 Å². The predicted octanol–water partition coefficient (Wildman–Crippen LogP) is 4.08. The first-order valence-electron chi connectivity index (χ1n) is 10.5. The van der Waals surface area contributed by atoms with Gasteiger partial charge in [0.25, 0.3) is 0 Å². The normalized spacial score (nSPS) is 16.4. The molecule has 1 saturated heterocycles. The molecular formula is C27H29N3O. The first kappa shape index (κ1) is 22.1. The second-order valence-corrected chi connectivity index (χ2v) is 7.45. The van der Waals surface area contributed by atoms with Crippen LogP contribution in [-0.2, 0) is 0 Å². The summed E-state index contributed by atoms with van der Waals surface area (Å²) in [5.41, 5.74) is 5.32. The summed E-state index contributed by atoms with van der Waals surface area (Å²) in [4.78, 5) is 2.39. The number of furan rings is 1. The van der Waals surface area contributed by atoms with E-state index in [1.165, 1.54) is 5.69 Å². The molecule has 1 aromatic carbocycles. The maximum absolute atomic E-state index is 9.03. The van der Waals surface area contributed by atoms with Crippen molar-refractivity contribution >= 4 is 17.8 Å². The molecule has 0 saturated carbocycles. The minimum atomic E-state index is 0.624. The van der Waals surface area contributed by atoms with Gasteiger partial charge in [0.2, 0.25) is 0 Å². The molecule has 4 heteroatoms. The molecule has 1 aliphatic rings. The Hall–Kier alpha value is -3.55. The minimum absolute atomic E-state index is 0.624. The van der Waals surface area contributed by atoms with Crippen LogP contribution in [0.3, 0.4) is 0 Å². The van der Waals surface area contributed by atoms with Gasteiger partial charge in [-0.1, -0.05) is 37.5 Å². The Morgan fingerprint density at radius 3 is 2.52 bits per heavy atom. The summed E-state index contributed by atoms with van der Waals surface area (Å²) in [7, 11) is 0. The Morgan fingerprint density at radius 2 is 1.90 bits per heavy atom. The van der Waals surface area contributed by atoms with Crippen molar-refractivity contribution in [1.29, 1.82) is 5.26 Å². The fraction of sp³-hybridized carbons (Fsp3) is 0.222. The lowest BCUT2D eigenvalue weighted by molar-refractivity contribution is 0.543. The standard InChI is InChI=1S/C27H29N3O/c1-5-7-25(22(6-2)9-8-20(3)19-28)27-21(4)18-26(31-27)23-10-12-24(13-11-23)30-16-14-29-15-17-30/h5-13,18,29H,2,4,14-17H2,1,3H3/b7-5-,20-8+,22-9+,27-25-. The van der Waals surface area contributed by atoms with E-state index in [-0.39, 0.29) is 0 Å². The van der Waals surface area contributed by atoms with Crippen molar-refractivity contribution in [2.24, 2.45) is 0 Å². The van der Waals surface area contributed by atoms with Crippen LogP contribution in [0.1, 0.15) is 13.8 Å². The number of allylic oxidation sites excluding steroid dienone is 7. The molecule has 3 rings (SSSR count). The molecule has 158 valence electrons. The summed E-state index contributed by atoms with van der Waals surface area (Å²) < 4.78 is 6.27. The van der Waals surface area contributed by atoms with Gasteiger partial charge in [0.15, 0.2) is 0 Å². The molecule has 0 spiro atoms. The molecule has 0 unspecified atom stereocenters. The Morgan fingerprint density at radius 1 is 1.19 bits per heavy atom. The molecule has 0 amide bonds. The van der Waals surface area contributed by atoms with Crippen molar-refractivity contribution in [2.75, 3.05) is 31.1 Å². The lowest BCUT2D eigenvalue weighted by Gasteiger charge is -2.29. The Bertz CT molecular complexity index is 1160. The fourth-order valence-corrected chi connectivity index (χ4v) is 3.55. The summed E-state index contributed by atoms with van der Waals surface area (Å²) >= 11 is 0. The number of nitrogens with one attached hydrogen (secondary N) is 1. The van der Waals surface area contributed by atoms with E-state index in [9.17, 15) is 0 Å². The van der Waals surface area contributed by atoms with Crippen LogP contribution in [0.25, 0.3) is 23.5 Å². The highest BCUT2D eigenvalue weighted by atomic mass is 16.3. The number of hydrogen-bond acceptors (Lipinski definition) is 4. The molecule has 1 aliphatic heterocycles. The molecule has 0 aliphatic carbocycles. The van der Waals surface area contributed by atoms with E-state index in [1.54, 1.807) is 19.1 Å². The molecular weight excluding hydrogens is 382 g/mol. The van der Waals surface area contributed by atoms with Crippen LogP contribution in [-0.4, -0.2) is 26.2 Å². The average Bonchev–Trinajstić information content (AvgIpc) is 3.20. The molecule has 1 fully saturated rings. The van der Waals surface area contributed by atoms with Crippen LogP contribution in [0.4, 0.5) is 5.69 Å². The van der Waals surface area contributed by atoms with Gasteiger partial charge in [-0.05, 0) is 55.8 Å². The summed E-state index contributed by atoms with van der Waals surface area (Å²) in [6.45, 7) is 15.9. The molecule has 0 atom stereocenters. The van der Waals surface area contributed by atoms with Crippen LogP contribution < -0.4 is 20.9 Å². The summed E-state index contributed by atoms with van der Waals surface area (Å²) in [5, 5.41) is 13.2. The van der Waals surface area contributed by atoms with E-state index >= 15 is 0 Å². The molecule has 1 N–H and O–H groups in total. The maximum atomic E-state index is 9.03. The molecule has 0 bridgehead atoms. The fourth-order valence-electron chi connectivity index (χ4n) is 3.55. The van der Waals surface area contributed by atoms with Gasteiger partial charge in [-0.15, -0.1) is 0 Å². The Kier molecular flexibility index (Phi) is 7.48. The quantitative estimate of drug-likeness (QED) is 0.575. The van der Waals surface area contributed by atoms with E-state index in [0.29, 0.717) is 11.0 Å². The van der Waals surface area contributed by atoms with Crippen molar-refractivity contribution in [1.82, 2.24) is 5.32 Å². The van der Waals surface area contributed by atoms with Gasteiger partial charge < -0.3 is 14.6 Å². The molecule has 4 nitrogen and oxygen atoms in total. The average molecular weight is 412 g/mol. The lowest BCUT2D eigenvalue weighted by atomic mass is 10.0. The topological polar surface area (TPSA) is 52.2 Å². The SMILES string of the molecule is C=CC(=C\C=C(/C)C#N)/C(/C=C\C)=c1\oc(-c2ccc(N3CCNCC3)cc2)cc1=C. The zero-order valence-electron chi connectivity index (χ0n) is 18.3. The van der Waals surface area contributed by atoms with Crippen LogP contribution >= 0.6 is 0 Å². The van der Waals surface area contributed by atoms with Crippen LogP contribution in [0.15, 0.2) is 82.9 Å². The van der Waals surface area contributed by atoms with E-state index in [0.717, 1.165) is 53.9 Å². The van der Waals surface area contributed by atoms with Gasteiger partial charge >= 0.3 is 0 Å². The second-order valence-electron chi connectivity index (χ2n) is 7.45. The zero-order chi connectivity index (χ0) is 22.2. The van der Waals surface area contributed by atoms with Crippen molar-refractivity contribution in [3.05, 3.63) is 89.1 Å². The highest BCUT2D eigenvalue weighted by molar-refractivity contribution is 5.76. The van der Waals surface area contributed by atoms with E-state index in [2.05, 4.69) is 53.7 Å². The van der Waals surface area contributed by atoms with Gasteiger partial charge in [0, 0.05) is 53.8 Å². The predicted molar refractivity (Wildman–Crippen MR) is 130 cm³/mol. The minimum Gasteiger partial charge on any atom is -0.455 e. The van der Waals surface area contributed by atoms with E-state index < -0.39 is 0 Å². The zero-order valence-corrected chi connectivity index (χ0v) is 18.3. The van der Waals surface area contributed by atoms with Crippen molar-refractivity contribution < 1.29 is 4.42 Å². The number of nitrogens with zero attached hydrogens (tertiary/aromatic N) is 2. The highest BCUT2D eigenvalue weighted by Gasteiger charge is 2.12. The summed E-state index contributed by atoms with van der Waals surface area (Å²) in [5.74, 6) is 0.779. The number of rotatable bonds is 6. The summed E-state index contributed by atoms with van der Waals surface area (Å²) in [6, 6.07) is 12.6. The Balaban J connectivity index is 2.02. The molecule has 2 heterocycles. The molecule has 31 heavy (non-hydrogen) atoms. The third kappa shape index (κ3) is 5.33. The van der Waals surface area contributed by atoms with E-state index in [4.69, 9.17) is 9.68 Å². The molecule has 0 radical (unpaired) electrons. The first-order valence-corrected chi connectivity index (χ1v) is 10.5. The van der Waals surface area contributed by atoms with Crippen molar-refractivity contribution in [2.45, 2.75) is 13.8 Å². The van der Waals surface area contributed by atoms with E-state index in [1.807, 2.05) is 31.2 Å². The first-order chi connectivity index (χ1) is 15.1. The number of anilines is 1. The maximum Gasteiger partial charge on any atom is 0.142 e. The van der Waals surface area contributed by atoms with Gasteiger partial charge in [-0.2, -0.15) is 5.26 Å². The van der Waals surface area contributed by atoms with Gasteiger partial charge in [-0.3, -0.25) is 0 Å². The van der Waals surface area contributed by atoms with Crippen LogP contribution in [0, 0.1) is 11.3 Å². The smallest absolute Gasteiger partial charge is 0.142 e. The van der Waals surface area contributed by atoms with Gasteiger partial charge in [-0.25, -0.2) is 0 Å². The van der Waals surface area contributed by atoms with Gasteiger partial charge in [0.1, 0.15) is 11.2 Å². The third-order valence-corrected chi connectivity index (χ3v) is 5.24.